The number of pyridine rings is 1. The summed E-state index contributed by atoms with van der Waals surface area (Å²) < 4.78 is 1.98. The lowest BCUT2D eigenvalue weighted by Crippen LogP contribution is -2.25. The van der Waals surface area contributed by atoms with Crippen molar-refractivity contribution in [1.29, 1.82) is 0 Å². The minimum absolute atomic E-state index is 0.138. The molecule has 7 heteroatoms. The highest BCUT2D eigenvalue weighted by atomic mass is 16.1. The number of carbonyl (C=O) groups excluding carboxylic acids is 1. The molecule has 2 N–H and O–H groups in total. The van der Waals surface area contributed by atoms with Gasteiger partial charge in [0.05, 0.1) is 18.4 Å². The van der Waals surface area contributed by atoms with E-state index in [-0.39, 0.29) is 5.91 Å². The van der Waals surface area contributed by atoms with Gasteiger partial charge >= 0.3 is 0 Å². The van der Waals surface area contributed by atoms with Crippen molar-refractivity contribution in [2.75, 3.05) is 6.54 Å². The fourth-order valence-corrected chi connectivity index (χ4v) is 2.96. The number of aryl methyl sites for hydroxylation is 1. The highest BCUT2D eigenvalue weighted by molar-refractivity contribution is 5.96. The van der Waals surface area contributed by atoms with Gasteiger partial charge in [0.2, 0.25) is 0 Å². The molecule has 1 aromatic carbocycles. The van der Waals surface area contributed by atoms with E-state index >= 15 is 0 Å². The van der Waals surface area contributed by atoms with E-state index in [9.17, 15) is 4.79 Å². The molecule has 7 nitrogen and oxygen atoms in total. The normalized spacial score (nSPS) is 11.0. The van der Waals surface area contributed by atoms with Crippen molar-refractivity contribution < 1.29 is 4.79 Å². The molecule has 0 radical (unpaired) electrons. The van der Waals surface area contributed by atoms with E-state index in [2.05, 4.69) is 37.4 Å². The Bertz CT molecular complexity index is 1020. The number of amides is 1. The molecule has 0 aliphatic carbocycles. The number of hydrogen-bond donors (Lipinski definition) is 2. The number of nitrogens with one attached hydrogen (secondary N) is 2. The van der Waals surface area contributed by atoms with E-state index in [0.29, 0.717) is 24.2 Å². The molecule has 0 atom stereocenters. The Morgan fingerprint density at radius 2 is 2.04 bits per heavy atom. The number of H-pyrrole nitrogens is 1. The van der Waals surface area contributed by atoms with Crippen LogP contribution < -0.4 is 5.32 Å². The maximum atomic E-state index is 12.3. The van der Waals surface area contributed by atoms with Crippen LogP contribution in [0.25, 0.3) is 11.2 Å². The molecule has 0 bridgehead atoms. The van der Waals surface area contributed by atoms with E-state index in [0.717, 1.165) is 24.3 Å². The Hall–Kier alpha value is -3.48. The molecule has 0 aliphatic rings. The number of aromatic nitrogens is 5. The number of rotatable bonds is 7. The summed E-state index contributed by atoms with van der Waals surface area (Å²) in [5.41, 5.74) is 3.19. The predicted octanol–water partition coefficient (Wildman–Crippen LogP) is 2.57. The van der Waals surface area contributed by atoms with Crippen LogP contribution in [-0.2, 0) is 13.0 Å². The summed E-state index contributed by atoms with van der Waals surface area (Å²) in [4.78, 5) is 28.4. The second-order valence-electron chi connectivity index (χ2n) is 6.32. The molecule has 0 unspecified atom stereocenters. The standard InChI is InChI=1S/C20H20N6O/c27-20(23-8-4-7-18-21-9-10-22-18)16-11-17-19(24-12-16)26(14-25-17)13-15-5-2-1-3-6-15/h1-3,5-6,9-12,14H,4,7-8,13H2,(H,21,22)(H,23,27). The molecular weight excluding hydrogens is 340 g/mol. The Morgan fingerprint density at radius 3 is 2.85 bits per heavy atom. The Balaban J connectivity index is 1.38. The highest BCUT2D eigenvalue weighted by Crippen LogP contribution is 2.14. The molecule has 3 heterocycles. The van der Waals surface area contributed by atoms with Crippen molar-refractivity contribution in [2.45, 2.75) is 19.4 Å². The van der Waals surface area contributed by atoms with Crippen LogP contribution >= 0.6 is 0 Å². The van der Waals surface area contributed by atoms with Crippen LogP contribution in [0.3, 0.4) is 0 Å². The summed E-state index contributed by atoms with van der Waals surface area (Å²) in [5, 5.41) is 2.92. The van der Waals surface area contributed by atoms with Crippen molar-refractivity contribution in [1.82, 2.24) is 29.8 Å². The second-order valence-corrected chi connectivity index (χ2v) is 6.32. The largest absolute Gasteiger partial charge is 0.352 e. The van der Waals surface area contributed by atoms with Crippen LogP contribution in [0.15, 0.2) is 61.3 Å². The quantitative estimate of drug-likeness (QED) is 0.496. The van der Waals surface area contributed by atoms with Gasteiger partial charge in [0.1, 0.15) is 11.3 Å². The van der Waals surface area contributed by atoms with Crippen LogP contribution in [-0.4, -0.2) is 37.0 Å². The molecule has 0 aliphatic heterocycles. The van der Waals surface area contributed by atoms with E-state index in [4.69, 9.17) is 0 Å². The van der Waals surface area contributed by atoms with Gasteiger partial charge in [-0.05, 0) is 18.1 Å². The highest BCUT2D eigenvalue weighted by Gasteiger charge is 2.10. The SMILES string of the molecule is O=C(NCCCc1ncc[nH]1)c1cnc2c(c1)ncn2Cc1ccccc1. The smallest absolute Gasteiger partial charge is 0.252 e. The molecule has 0 fully saturated rings. The third-order valence-corrected chi connectivity index (χ3v) is 4.34. The number of benzene rings is 1. The fraction of sp³-hybridized carbons (Fsp3) is 0.200. The summed E-state index contributed by atoms with van der Waals surface area (Å²) in [6.45, 7) is 1.28. The first-order chi connectivity index (χ1) is 13.3. The van der Waals surface area contributed by atoms with Gasteiger partial charge in [-0.1, -0.05) is 30.3 Å². The van der Waals surface area contributed by atoms with Gasteiger partial charge in [0.15, 0.2) is 5.65 Å². The van der Waals surface area contributed by atoms with Crippen molar-refractivity contribution in [2.24, 2.45) is 0 Å². The van der Waals surface area contributed by atoms with Crippen molar-refractivity contribution in [3.63, 3.8) is 0 Å². The Morgan fingerprint density at radius 1 is 1.15 bits per heavy atom. The topological polar surface area (TPSA) is 88.5 Å². The third kappa shape index (κ3) is 4.03. The summed E-state index contributed by atoms with van der Waals surface area (Å²) in [6, 6.07) is 11.9. The van der Waals surface area contributed by atoms with Crippen LogP contribution in [0.4, 0.5) is 0 Å². The van der Waals surface area contributed by atoms with Gasteiger partial charge in [-0.25, -0.2) is 15.0 Å². The zero-order valence-corrected chi connectivity index (χ0v) is 14.8. The summed E-state index contributed by atoms with van der Waals surface area (Å²) in [7, 11) is 0. The average Bonchev–Trinajstić information content (AvgIpc) is 3.36. The van der Waals surface area contributed by atoms with Gasteiger partial charge in [-0.2, -0.15) is 0 Å². The molecule has 27 heavy (non-hydrogen) atoms. The lowest BCUT2D eigenvalue weighted by Gasteiger charge is -2.06. The number of nitrogens with zero attached hydrogens (tertiary/aromatic N) is 4. The minimum Gasteiger partial charge on any atom is -0.352 e. The molecule has 4 rings (SSSR count). The number of aromatic amines is 1. The van der Waals surface area contributed by atoms with E-state index in [1.807, 2.05) is 22.8 Å². The zero-order chi connectivity index (χ0) is 18.5. The number of imidazole rings is 2. The van der Waals surface area contributed by atoms with Gasteiger partial charge in [-0.3, -0.25) is 4.79 Å². The Labute approximate surface area is 156 Å². The lowest BCUT2D eigenvalue weighted by atomic mass is 10.2. The van der Waals surface area contributed by atoms with Crippen molar-refractivity contribution in [3.05, 3.63) is 78.3 Å². The number of carbonyl (C=O) groups is 1. The molecule has 0 saturated carbocycles. The van der Waals surface area contributed by atoms with Crippen molar-refractivity contribution in [3.8, 4) is 0 Å². The first kappa shape index (κ1) is 17.0. The molecule has 0 saturated heterocycles. The predicted molar refractivity (Wildman–Crippen MR) is 102 cm³/mol. The molecular formula is C20H20N6O. The summed E-state index contributed by atoms with van der Waals surface area (Å²) >= 11 is 0. The molecule has 1 amide bonds. The first-order valence-corrected chi connectivity index (χ1v) is 8.91. The summed E-state index contributed by atoms with van der Waals surface area (Å²) in [6.07, 6.45) is 8.51. The average molecular weight is 360 g/mol. The Kier molecular flexibility index (Phi) is 4.91. The third-order valence-electron chi connectivity index (χ3n) is 4.34. The minimum atomic E-state index is -0.138. The van der Waals surface area contributed by atoms with Crippen LogP contribution in [0, 0.1) is 0 Å². The molecule has 136 valence electrons. The molecule has 4 aromatic rings. The van der Waals surface area contributed by atoms with Crippen molar-refractivity contribution >= 4 is 17.1 Å². The first-order valence-electron chi connectivity index (χ1n) is 8.91. The second kappa shape index (κ2) is 7.82. The number of fused-ring (bicyclic) bond motifs is 1. The van der Waals surface area contributed by atoms with Gasteiger partial charge in [-0.15, -0.1) is 0 Å². The van der Waals surface area contributed by atoms with Crippen LogP contribution in [0.2, 0.25) is 0 Å². The van der Waals surface area contributed by atoms with Crippen LogP contribution in [0.1, 0.15) is 28.2 Å². The summed E-state index contributed by atoms with van der Waals surface area (Å²) in [5.74, 6) is 0.790. The van der Waals surface area contributed by atoms with Crippen LogP contribution in [0.5, 0.6) is 0 Å². The zero-order valence-electron chi connectivity index (χ0n) is 14.8. The monoisotopic (exact) mass is 360 g/mol. The molecule has 3 aromatic heterocycles. The number of hydrogen-bond acceptors (Lipinski definition) is 4. The van der Waals surface area contributed by atoms with Gasteiger partial charge in [0.25, 0.3) is 5.91 Å². The van der Waals surface area contributed by atoms with E-state index in [1.165, 1.54) is 5.56 Å². The lowest BCUT2D eigenvalue weighted by molar-refractivity contribution is 0.0953. The fourth-order valence-electron chi connectivity index (χ4n) is 2.96. The maximum absolute atomic E-state index is 12.3. The molecule has 0 spiro atoms. The van der Waals surface area contributed by atoms with Gasteiger partial charge < -0.3 is 14.9 Å². The van der Waals surface area contributed by atoms with Gasteiger partial charge in [0, 0.05) is 31.6 Å². The van der Waals surface area contributed by atoms with E-state index < -0.39 is 0 Å². The van der Waals surface area contributed by atoms with E-state index in [1.54, 1.807) is 31.0 Å². The maximum Gasteiger partial charge on any atom is 0.252 e.